The van der Waals surface area contributed by atoms with Gasteiger partial charge in [-0.3, -0.25) is 0 Å². The zero-order valence-corrected chi connectivity index (χ0v) is 12.5. The summed E-state index contributed by atoms with van der Waals surface area (Å²) in [6, 6.07) is 6.57. The van der Waals surface area contributed by atoms with Gasteiger partial charge in [-0.25, -0.2) is 0 Å². The van der Waals surface area contributed by atoms with Gasteiger partial charge in [0, 0.05) is 27.1 Å². The van der Waals surface area contributed by atoms with Crippen molar-refractivity contribution in [2.75, 3.05) is 0 Å². The van der Waals surface area contributed by atoms with Crippen LogP contribution in [0, 0.1) is 13.8 Å². The van der Waals surface area contributed by atoms with Crippen molar-refractivity contribution in [3.05, 3.63) is 42.2 Å². The second-order valence-electron chi connectivity index (χ2n) is 3.90. The maximum atomic E-state index is 6.22. The number of hydrogen-bond donors (Lipinski definition) is 1. The predicted molar refractivity (Wildman–Crippen MR) is 76.4 cm³/mol. The fraction of sp³-hybridized carbons (Fsp3) is 0.333. The van der Waals surface area contributed by atoms with E-state index >= 15 is 0 Å². The predicted octanol–water partition coefficient (Wildman–Crippen LogP) is 4.43. The van der Waals surface area contributed by atoms with Gasteiger partial charge in [-0.1, -0.05) is 0 Å². The smallest absolute Gasteiger partial charge is 0.0701 e. The van der Waals surface area contributed by atoms with Crippen LogP contribution >= 0.6 is 38.6 Å². The highest BCUT2D eigenvalue weighted by Gasteiger charge is 2.12. The molecule has 0 aliphatic carbocycles. The molecule has 2 rings (SSSR count). The van der Waals surface area contributed by atoms with Gasteiger partial charge in [-0.2, -0.15) is 0 Å². The van der Waals surface area contributed by atoms with Crippen molar-refractivity contribution < 1.29 is 0 Å². The second kappa shape index (κ2) is 5.00. The van der Waals surface area contributed by atoms with Crippen LogP contribution in [-0.2, 0) is 6.42 Å². The van der Waals surface area contributed by atoms with E-state index in [4.69, 9.17) is 5.73 Å². The molecule has 0 radical (unpaired) electrons. The molecule has 2 N–H and O–H groups in total. The minimum atomic E-state index is 0.128. The summed E-state index contributed by atoms with van der Waals surface area (Å²) in [6.45, 7) is 4.29. The molecular formula is C12H14BrNS2. The van der Waals surface area contributed by atoms with Gasteiger partial charge in [0.2, 0.25) is 0 Å². The Hall–Kier alpha value is -0.160. The second-order valence-corrected chi connectivity index (χ2v) is 7.74. The molecule has 16 heavy (non-hydrogen) atoms. The van der Waals surface area contributed by atoms with Gasteiger partial charge in [-0.15, -0.1) is 22.7 Å². The lowest BCUT2D eigenvalue weighted by molar-refractivity contribution is 0.745. The standard InChI is InChI=1S/C12H14BrNS2/c1-7-5-11(15-8(7)2)10(14)6-9-3-4-12(13)16-9/h3-5,10H,6,14H2,1-2H3. The molecule has 0 amide bonds. The zero-order chi connectivity index (χ0) is 11.7. The number of hydrogen-bond acceptors (Lipinski definition) is 3. The Kier molecular flexibility index (Phi) is 3.85. The lowest BCUT2D eigenvalue weighted by Crippen LogP contribution is -2.10. The molecule has 0 bridgehead atoms. The van der Waals surface area contributed by atoms with Crippen LogP contribution in [0.1, 0.15) is 26.2 Å². The Labute approximate surface area is 112 Å². The van der Waals surface area contributed by atoms with Gasteiger partial charge in [0.15, 0.2) is 0 Å². The molecule has 0 aliphatic rings. The summed E-state index contributed by atoms with van der Waals surface area (Å²) in [7, 11) is 0. The van der Waals surface area contributed by atoms with Crippen LogP contribution in [0.3, 0.4) is 0 Å². The van der Waals surface area contributed by atoms with E-state index in [0.717, 1.165) is 6.42 Å². The third-order valence-corrected chi connectivity index (χ3v) is 5.53. The number of aryl methyl sites for hydroxylation is 2. The lowest BCUT2D eigenvalue weighted by atomic mass is 10.1. The number of rotatable bonds is 3. The largest absolute Gasteiger partial charge is 0.323 e. The maximum Gasteiger partial charge on any atom is 0.0701 e. The first-order chi connectivity index (χ1) is 7.56. The van der Waals surface area contributed by atoms with Gasteiger partial charge in [0.25, 0.3) is 0 Å². The van der Waals surface area contributed by atoms with Crippen molar-refractivity contribution in [2.24, 2.45) is 5.73 Å². The minimum Gasteiger partial charge on any atom is -0.323 e. The van der Waals surface area contributed by atoms with E-state index in [0.29, 0.717) is 0 Å². The average molecular weight is 316 g/mol. The van der Waals surface area contributed by atoms with Crippen LogP contribution in [0.5, 0.6) is 0 Å². The molecule has 0 saturated carbocycles. The topological polar surface area (TPSA) is 26.0 Å². The quantitative estimate of drug-likeness (QED) is 0.890. The van der Waals surface area contributed by atoms with Crippen LogP contribution < -0.4 is 5.73 Å². The Morgan fingerprint density at radius 3 is 2.56 bits per heavy atom. The molecule has 0 saturated heterocycles. The fourth-order valence-corrected chi connectivity index (χ4v) is 4.15. The molecule has 2 heterocycles. The van der Waals surface area contributed by atoms with E-state index in [9.17, 15) is 0 Å². The van der Waals surface area contributed by atoms with E-state index < -0.39 is 0 Å². The third kappa shape index (κ3) is 2.74. The van der Waals surface area contributed by atoms with Crippen molar-refractivity contribution in [3.8, 4) is 0 Å². The van der Waals surface area contributed by atoms with E-state index in [1.54, 1.807) is 11.3 Å². The monoisotopic (exact) mass is 315 g/mol. The van der Waals surface area contributed by atoms with Crippen molar-refractivity contribution in [2.45, 2.75) is 26.3 Å². The SMILES string of the molecule is Cc1cc(C(N)Cc2ccc(Br)s2)sc1C. The van der Waals surface area contributed by atoms with Crippen LogP contribution in [0.25, 0.3) is 0 Å². The summed E-state index contributed by atoms with van der Waals surface area (Å²) >= 11 is 7.05. The highest BCUT2D eigenvalue weighted by molar-refractivity contribution is 9.11. The summed E-state index contributed by atoms with van der Waals surface area (Å²) < 4.78 is 1.17. The first-order valence-electron chi connectivity index (χ1n) is 5.13. The molecule has 0 spiro atoms. The molecule has 2 aromatic rings. The van der Waals surface area contributed by atoms with E-state index in [-0.39, 0.29) is 6.04 Å². The number of halogens is 1. The summed E-state index contributed by atoms with van der Waals surface area (Å²) in [4.78, 5) is 4.00. The Morgan fingerprint density at radius 2 is 2.06 bits per heavy atom. The third-order valence-electron chi connectivity index (χ3n) is 2.60. The Morgan fingerprint density at radius 1 is 1.31 bits per heavy atom. The highest BCUT2D eigenvalue weighted by atomic mass is 79.9. The summed E-state index contributed by atoms with van der Waals surface area (Å²) in [5.74, 6) is 0. The van der Waals surface area contributed by atoms with E-state index in [1.165, 1.54) is 24.0 Å². The summed E-state index contributed by atoms with van der Waals surface area (Å²) in [5.41, 5.74) is 7.57. The van der Waals surface area contributed by atoms with Crippen molar-refractivity contribution >= 4 is 38.6 Å². The Balaban J connectivity index is 2.11. The molecule has 1 nitrogen and oxygen atoms in total. The summed E-state index contributed by atoms with van der Waals surface area (Å²) in [6.07, 6.45) is 0.926. The molecule has 4 heteroatoms. The highest BCUT2D eigenvalue weighted by Crippen LogP contribution is 2.30. The van der Waals surface area contributed by atoms with Crippen molar-refractivity contribution in [1.82, 2.24) is 0 Å². The van der Waals surface area contributed by atoms with Gasteiger partial charge in [0.05, 0.1) is 3.79 Å². The molecule has 0 fully saturated rings. The van der Waals surface area contributed by atoms with Crippen LogP contribution in [0.15, 0.2) is 22.0 Å². The lowest BCUT2D eigenvalue weighted by Gasteiger charge is -2.07. The first kappa shape index (κ1) is 12.3. The van der Waals surface area contributed by atoms with Crippen molar-refractivity contribution in [3.63, 3.8) is 0 Å². The molecule has 1 atom stereocenters. The number of nitrogens with two attached hydrogens (primary N) is 1. The van der Waals surface area contributed by atoms with Crippen LogP contribution in [0.2, 0.25) is 0 Å². The van der Waals surface area contributed by atoms with E-state index in [2.05, 4.69) is 48.0 Å². The molecule has 0 aromatic carbocycles. The Bertz CT molecular complexity index is 467. The molecule has 86 valence electrons. The first-order valence-corrected chi connectivity index (χ1v) is 7.55. The zero-order valence-electron chi connectivity index (χ0n) is 9.29. The fourth-order valence-electron chi connectivity index (χ4n) is 1.56. The van der Waals surface area contributed by atoms with E-state index in [1.807, 2.05) is 11.3 Å². The average Bonchev–Trinajstić information content (AvgIpc) is 2.75. The van der Waals surface area contributed by atoms with Gasteiger partial charge in [0.1, 0.15) is 0 Å². The molecule has 1 unspecified atom stereocenters. The maximum absolute atomic E-state index is 6.22. The summed E-state index contributed by atoms with van der Waals surface area (Å²) in [5, 5.41) is 0. The van der Waals surface area contributed by atoms with Gasteiger partial charge >= 0.3 is 0 Å². The number of thiophene rings is 2. The van der Waals surface area contributed by atoms with Gasteiger partial charge in [-0.05, 0) is 53.5 Å². The minimum absolute atomic E-state index is 0.128. The van der Waals surface area contributed by atoms with Crippen LogP contribution in [0.4, 0.5) is 0 Å². The van der Waals surface area contributed by atoms with Gasteiger partial charge < -0.3 is 5.73 Å². The molecule has 0 aliphatic heterocycles. The van der Waals surface area contributed by atoms with Crippen molar-refractivity contribution in [1.29, 1.82) is 0 Å². The van der Waals surface area contributed by atoms with Crippen LogP contribution in [-0.4, -0.2) is 0 Å². The molecule has 2 aromatic heterocycles. The molecular weight excluding hydrogens is 302 g/mol. The normalized spacial score (nSPS) is 13.0.